The maximum Gasteiger partial charge on any atom is 0.0387 e. The summed E-state index contributed by atoms with van der Waals surface area (Å²) >= 11 is 4.15. The van der Waals surface area contributed by atoms with Crippen LogP contribution in [-0.4, -0.2) is 12.4 Å². The molecule has 2 heteroatoms. The quantitative estimate of drug-likeness (QED) is 0.454. The van der Waals surface area contributed by atoms with Gasteiger partial charge in [-0.15, -0.1) is 0 Å². The molecule has 0 bridgehead atoms. The van der Waals surface area contributed by atoms with Gasteiger partial charge in [0, 0.05) is 5.88 Å². The van der Waals surface area contributed by atoms with E-state index in [1.54, 1.807) is 0 Å². The number of thiol groups is 1. The summed E-state index contributed by atoms with van der Waals surface area (Å²) in [5.74, 6) is 0.753. The summed E-state index contributed by atoms with van der Waals surface area (Å²) in [6, 6.07) is 2.28. The van der Waals surface area contributed by atoms with Gasteiger partial charge in [0.2, 0.25) is 0 Å². The van der Waals surface area contributed by atoms with Crippen LogP contribution >= 0.6 is 12.6 Å². The van der Waals surface area contributed by atoms with Crippen LogP contribution in [0.2, 0.25) is 0 Å². The number of nitrogens with one attached hydrogen (secondary N) is 1. The van der Waals surface area contributed by atoms with Gasteiger partial charge >= 0.3 is 0 Å². The van der Waals surface area contributed by atoms with Crippen LogP contribution in [0.5, 0.6) is 0 Å². The van der Waals surface area contributed by atoms with Crippen LogP contribution in [0.3, 0.4) is 0 Å². The van der Waals surface area contributed by atoms with E-state index in [0.717, 1.165) is 18.8 Å². The van der Waals surface area contributed by atoms with E-state index in [-0.39, 0.29) is 0 Å². The molecule has 0 aliphatic rings. The van der Waals surface area contributed by atoms with E-state index in [4.69, 9.17) is 0 Å². The van der Waals surface area contributed by atoms with Crippen molar-refractivity contribution < 1.29 is 0 Å². The third kappa shape index (κ3) is 2.99. The van der Waals surface area contributed by atoms with Gasteiger partial charge in [0.15, 0.2) is 0 Å². The molecule has 0 saturated carbocycles. The van der Waals surface area contributed by atoms with Crippen molar-refractivity contribution in [2.45, 2.75) is 34.1 Å². The zero-order chi connectivity index (χ0) is 11.4. The lowest BCUT2D eigenvalue weighted by molar-refractivity contribution is 0.769. The Morgan fingerprint density at radius 3 is 2.07 bits per heavy atom. The molecular weight excluding hydrogens is 202 g/mol. The van der Waals surface area contributed by atoms with Gasteiger partial charge in [0.25, 0.3) is 0 Å². The Morgan fingerprint density at radius 1 is 1.07 bits per heavy atom. The summed E-state index contributed by atoms with van der Waals surface area (Å²) in [6.07, 6.45) is 1.10. The maximum atomic E-state index is 4.15. The molecule has 0 radical (unpaired) electrons. The molecule has 0 heterocycles. The van der Waals surface area contributed by atoms with Crippen LogP contribution in [0.4, 0.5) is 0 Å². The first kappa shape index (κ1) is 12.6. The highest BCUT2D eigenvalue weighted by molar-refractivity contribution is 7.80. The third-order valence-electron chi connectivity index (χ3n) is 3.18. The van der Waals surface area contributed by atoms with Crippen LogP contribution in [-0.2, 0) is 6.42 Å². The Morgan fingerprint density at radius 2 is 1.60 bits per heavy atom. The summed E-state index contributed by atoms with van der Waals surface area (Å²) in [4.78, 5) is 0. The first-order chi connectivity index (χ1) is 7.07. The minimum atomic E-state index is 0.753. The predicted octanol–water partition coefficient (Wildman–Crippen LogP) is 2.94. The van der Waals surface area contributed by atoms with Crippen LogP contribution in [0.1, 0.15) is 27.8 Å². The number of aryl methyl sites for hydroxylation is 2. The van der Waals surface area contributed by atoms with Crippen molar-refractivity contribution in [1.82, 2.24) is 5.32 Å². The fourth-order valence-corrected chi connectivity index (χ4v) is 2.12. The second-order valence-corrected chi connectivity index (χ2v) is 4.46. The molecule has 84 valence electrons. The van der Waals surface area contributed by atoms with Gasteiger partial charge < -0.3 is 5.32 Å². The average molecular weight is 223 g/mol. The Hall–Kier alpha value is -0.470. The van der Waals surface area contributed by atoms with E-state index in [9.17, 15) is 0 Å². The molecule has 0 unspecified atom stereocenters. The van der Waals surface area contributed by atoms with Gasteiger partial charge in [0.1, 0.15) is 0 Å². The smallest absolute Gasteiger partial charge is 0.0387 e. The fourth-order valence-electron chi connectivity index (χ4n) is 1.97. The van der Waals surface area contributed by atoms with Crippen molar-refractivity contribution >= 4 is 12.6 Å². The first-order valence-electron chi connectivity index (χ1n) is 5.45. The highest BCUT2D eigenvalue weighted by Crippen LogP contribution is 2.21. The number of rotatable bonds is 4. The molecule has 0 fully saturated rings. The number of benzene rings is 1. The monoisotopic (exact) mass is 223 g/mol. The largest absolute Gasteiger partial charge is 0.308 e. The van der Waals surface area contributed by atoms with E-state index < -0.39 is 0 Å². The summed E-state index contributed by atoms with van der Waals surface area (Å²) < 4.78 is 0. The molecular formula is C13H21NS. The lowest BCUT2D eigenvalue weighted by atomic mass is 9.92. The van der Waals surface area contributed by atoms with Gasteiger partial charge in [-0.25, -0.2) is 0 Å². The Labute approximate surface area is 98.7 Å². The summed E-state index contributed by atoms with van der Waals surface area (Å²) in [6.45, 7) is 9.83. The normalized spacial score (nSPS) is 10.7. The average Bonchev–Trinajstić information content (AvgIpc) is 2.20. The molecule has 0 spiro atoms. The van der Waals surface area contributed by atoms with Crippen LogP contribution in [0.15, 0.2) is 6.07 Å². The summed E-state index contributed by atoms with van der Waals surface area (Å²) in [7, 11) is 0. The van der Waals surface area contributed by atoms with Crippen LogP contribution in [0.25, 0.3) is 0 Å². The zero-order valence-electron chi connectivity index (χ0n) is 10.1. The molecule has 0 aromatic heterocycles. The molecule has 0 saturated heterocycles. The SMILES string of the molecule is Cc1cc(C)c(C)c(CCNCS)c1C. The summed E-state index contributed by atoms with van der Waals surface area (Å²) in [5, 5.41) is 3.25. The van der Waals surface area contributed by atoms with Gasteiger partial charge in [-0.2, -0.15) is 12.6 Å². The van der Waals surface area contributed by atoms with Crippen molar-refractivity contribution in [3.63, 3.8) is 0 Å². The van der Waals surface area contributed by atoms with E-state index in [1.165, 1.54) is 27.8 Å². The minimum Gasteiger partial charge on any atom is -0.308 e. The Balaban J connectivity index is 2.94. The fraction of sp³-hybridized carbons (Fsp3) is 0.538. The zero-order valence-corrected chi connectivity index (χ0v) is 11.0. The minimum absolute atomic E-state index is 0.753. The maximum absolute atomic E-state index is 4.15. The van der Waals surface area contributed by atoms with Crippen LogP contribution < -0.4 is 5.32 Å². The molecule has 0 aliphatic carbocycles. The van der Waals surface area contributed by atoms with Crippen molar-refractivity contribution in [1.29, 1.82) is 0 Å². The van der Waals surface area contributed by atoms with E-state index in [1.807, 2.05) is 0 Å². The lowest BCUT2D eigenvalue weighted by Crippen LogP contribution is -2.16. The molecule has 1 aromatic rings. The van der Waals surface area contributed by atoms with E-state index >= 15 is 0 Å². The van der Waals surface area contributed by atoms with Crippen molar-refractivity contribution in [2.75, 3.05) is 12.4 Å². The van der Waals surface area contributed by atoms with Crippen LogP contribution in [0, 0.1) is 27.7 Å². The van der Waals surface area contributed by atoms with E-state index in [0.29, 0.717) is 0 Å². The molecule has 0 atom stereocenters. The van der Waals surface area contributed by atoms with Gasteiger partial charge in [-0.05, 0) is 68.5 Å². The summed E-state index contributed by atoms with van der Waals surface area (Å²) in [5.41, 5.74) is 7.19. The van der Waals surface area contributed by atoms with Gasteiger partial charge in [0.05, 0.1) is 0 Å². The van der Waals surface area contributed by atoms with E-state index in [2.05, 4.69) is 51.7 Å². The molecule has 1 rings (SSSR count). The highest BCUT2D eigenvalue weighted by atomic mass is 32.1. The Bertz CT molecular complexity index is 319. The molecule has 15 heavy (non-hydrogen) atoms. The Kier molecular flexibility index (Phi) is 4.68. The molecule has 0 aliphatic heterocycles. The lowest BCUT2D eigenvalue weighted by Gasteiger charge is -2.15. The standard InChI is InChI=1S/C13H21NS/c1-9-7-10(2)12(4)13(11(9)3)5-6-14-8-15/h7,14-15H,5-6,8H2,1-4H3. The molecule has 1 aromatic carbocycles. The third-order valence-corrected chi connectivity index (χ3v) is 3.41. The highest BCUT2D eigenvalue weighted by Gasteiger charge is 2.07. The molecule has 1 N–H and O–H groups in total. The van der Waals surface area contributed by atoms with Crippen molar-refractivity contribution in [3.05, 3.63) is 33.9 Å². The first-order valence-corrected chi connectivity index (χ1v) is 6.09. The molecule has 1 nitrogen and oxygen atoms in total. The van der Waals surface area contributed by atoms with Crippen molar-refractivity contribution in [3.8, 4) is 0 Å². The number of hydrogen-bond donors (Lipinski definition) is 2. The number of hydrogen-bond acceptors (Lipinski definition) is 2. The molecule has 0 amide bonds. The predicted molar refractivity (Wildman–Crippen MR) is 70.9 cm³/mol. The topological polar surface area (TPSA) is 12.0 Å². The second kappa shape index (κ2) is 5.57. The second-order valence-electron chi connectivity index (χ2n) is 4.15. The van der Waals surface area contributed by atoms with Gasteiger partial charge in [-0.3, -0.25) is 0 Å². The van der Waals surface area contributed by atoms with Crippen molar-refractivity contribution in [2.24, 2.45) is 0 Å². The van der Waals surface area contributed by atoms with Gasteiger partial charge in [-0.1, -0.05) is 6.07 Å².